The van der Waals surface area contributed by atoms with E-state index in [2.05, 4.69) is 24.9 Å². The molecule has 0 aliphatic rings. The average molecular weight is 378 g/mol. The van der Waals surface area contributed by atoms with Crippen molar-refractivity contribution >= 4 is 24.2 Å². The summed E-state index contributed by atoms with van der Waals surface area (Å²) in [7, 11) is 0. The molecular formula is C23H39NOS. The van der Waals surface area contributed by atoms with Crippen molar-refractivity contribution in [1.29, 1.82) is 0 Å². The molecule has 1 aromatic rings. The van der Waals surface area contributed by atoms with Gasteiger partial charge in [-0.1, -0.05) is 96.5 Å². The highest BCUT2D eigenvalue weighted by atomic mass is 32.1. The lowest BCUT2D eigenvalue weighted by molar-refractivity contribution is -0.116. The Labute approximate surface area is 167 Å². The van der Waals surface area contributed by atoms with E-state index in [-0.39, 0.29) is 5.91 Å². The second kappa shape index (κ2) is 16.2. The van der Waals surface area contributed by atoms with Gasteiger partial charge in [0.2, 0.25) is 5.91 Å². The summed E-state index contributed by atoms with van der Waals surface area (Å²) in [6, 6.07) is 7.60. The molecule has 0 atom stereocenters. The number of benzene rings is 1. The first-order valence-corrected chi connectivity index (χ1v) is 11.3. The highest BCUT2D eigenvalue weighted by molar-refractivity contribution is 7.80. The summed E-state index contributed by atoms with van der Waals surface area (Å²) in [6.45, 7) is 2.28. The SMILES string of the molecule is CCCCCCCCCCCCCCCCC(=O)Nc1cccc(S)c1. The molecule has 0 aliphatic carbocycles. The standard InChI is InChI=1S/C23H39NOS/c1-2-3-4-5-6-7-8-9-10-11-12-13-14-15-19-23(25)24-21-17-16-18-22(26)20-21/h16-18,20,26H,2-15,19H2,1H3,(H,24,25). The molecule has 0 unspecified atom stereocenters. The molecule has 0 saturated carbocycles. The molecule has 0 fully saturated rings. The number of thiol groups is 1. The van der Waals surface area contributed by atoms with E-state index in [1.165, 1.54) is 77.0 Å². The van der Waals surface area contributed by atoms with Gasteiger partial charge in [0.15, 0.2) is 0 Å². The monoisotopic (exact) mass is 377 g/mol. The van der Waals surface area contributed by atoms with Crippen molar-refractivity contribution < 1.29 is 4.79 Å². The minimum atomic E-state index is 0.114. The van der Waals surface area contributed by atoms with Crippen LogP contribution in [0.5, 0.6) is 0 Å². The minimum absolute atomic E-state index is 0.114. The van der Waals surface area contributed by atoms with Crippen molar-refractivity contribution in [3.05, 3.63) is 24.3 Å². The van der Waals surface area contributed by atoms with Gasteiger partial charge in [-0.3, -0.25) is 4.79 Å². The molecule has 0 bridgehead atoms. The van der Waals surface area contributed by atoms with Crippen LogP contribution in [0.1, 0.15) is 103 Å². The molecule has 1 rings (SSSR count). The molecule has 1 N–H and O–H groups in total. The van der Waals surface area contributed by atoms with E-state index in [9.17, 15) is 4.79 Å². The third-order valence-electron chi connectivity index (χ3n) is 4.89. The highest BCUT2D eigenvalue weighted by Crippen LogP contribution is 2.15. The summed E-state index contributed by atoms with van der Waals surface area (Å²) in [5, 5.41) is 2.94. The topological polar surface area (TPSA) is 29.1 Å². The maximum atomic E-state index is 11.9. The van der Waals surface area contributed by atoms with Crippen LogP contribution in [-0.4, -0.2) is 5.91 Å². The number of hydrogen-bond donors (Lipinski definition) is 2. The zero-order chi connectivity index (χ0) is 18.9. The Morgan fingerprint density at radius 1 is 0.808 bits per heavy atom. The fraction of sp³-hybridized carbons (Fsp3) is 0.696. The number of hydrogen-bond acceptors (Lipinski definition) is 2. The van der Waals surface area contributed by atoms with Gasteiger partial charge in [0.1, 0.15) is 0 Å². The van der Waals surface area contributed by atoms with Crippen LogP contribution < -0.4 is 5.32 Å². The first-order chi connectivity index (χ1) is 12.7. The van der Waals surface area contributed by atoms with E-state index in [1.54, 1.807) is 0 Å². The molecule has 0 aromatic heterocycles. The van der Waals surface area contributed by atoms with E-state index in [1.807, 2.05) is 24.3 Å². The first-order valence-electron chi connectivity index (χ1n) is 10.8. The molecule has 1 amide bonds. The van der Waals surface area contributed by atoms with Crippen LogP contribution in [0.15, 0.2) is 29.2 Å². The molecule has 3 heteroatoms. The lowest BCUT2D eigenvalue weighted by atomic mass is 10.0. The predicted molar refractivity (Wildman–Crippen MR) is 117 cm³/mol. The van der Waals surface area contributed by atoms with Crippen molar-refractivity contribution in [2.24, 2.45) is 0 Å². The van der Waals surface area contributed by atoms with Gasteiger partial charge in [-0.2, -0.15) is 0 Å². The van der Waals surface area contributed by atoms with Crippen molar-refractivity contribution in [3.8, 4) is 0 Å². The number of amides is 1. The number of rotatable bonds is 16. The van der Waals surface area contributed by atoms with Gasteiger partial charge in [-0.25, -0.2) is 0 Å². The second-order valence-corrected chi connectivity index (χ2v) is 7.96. The highest BCUT2D eigenvalue weighted by Gasteiger charge is 2.02. The van der Waals surface area contributed by atoms with Crippen LogP contribution >= 0.6 is 12.6 Å². The zero-order valence-electron chi connectivity index (χ0n) is 16.8. The number of carbonyl (C=O) groups excluding carboxylic acids is 1. The molecule has 0 spiro atoms. The quantitative estimate of drug-likeness (QED) is 0.223. The summed E-state index contributed by atoms with van der Waals surface area (Å²) in [5.41, 5.74) is 0.841. The van der Waals surface area contributed by atoms with Crippen molar-refractivity contribution in [3.63, 3.8) is 0 Å². The van der Waals surface area contributed by atoms with E-state index >= 15 is 0 Å². The minimum Gasteiger partial charge on any atom is -0.326 e. The Morgan fingerprint density at radius 2 is 1.31 bits per heavy atom. The summed E-state index contributed by atoms with van der Waals surface area (Å²) in [5.74, 6) is 0.114. The molecule has 148 valence electrons. The van der Waals surface area contributed by atoms with Crippen molar-refractivity contribution in [2.45, 2.75) is 108 Å². The normalized spacial score (nSPS) is 10.8. The average Bonchev–Trinajstić information content (AvgIpc) is 2.62. The molecule has 1 aromatic carbocycles. The number of nitrogens with one attached hydrogen (secondary N) is 1. The van der Waals surface area contributed by atoms with Crippen LogP contribution in [0.3, 0.4) is 0 Å². The van der Waals surface area contributed by atoms with Crippen LogP contribution in [0.25, 0.3) is 0 Å². The van der Waals surface area contributed by atoms with Gasteiger partial charge in [-0.15, -0.1) is 12.6 Å². The molecule has 0 aliphatic heterocycles. The van der Waals surface area contributed by atoms with Crippen LogP contribution in [-0.2, 0) is 4.79 Å². The Kier molecular flexibility index (Phi) is 14.4. The van der Waals surface area contributed by atoms with Gasteiger partial charge in [0, 0.05) is 17.0 Å². The van der Waals surface area contributed by atoms with E-state index in [0.717, 1.165) is 23.4 Å². The van der Waals surface area contributed by atoms with Crippen LogP contribution in [0, 0.1) is 0 Å². The maximum absolute atomic E-state index is 11.9. The molecule has 0 radical (unpaired) electrons. The Bertz CT molecular complexity index is 475. The van der Waals surface area contributed by atoms with E-state index in [0.29, 0.717) is 6.42 Å². The van der Waals surface area contributed by atoms with Crippen molar-refractivity contribution in [2.75, 3.05) is 5.32 Å². The first kappa shape index (κ1) is 23.1. The van der Waals surface area contributed by atoms with Gasteiger partial charge >= 0.3 is 0 Å². The number of carbonyl (C=O) groups is 1. The fourth-order valence-corrected chi connectivity index (χ4v) is 3.51. The Balaban J connectivity index is 1.84. The Hall–Kier alpha value is -0.960. The van der Waals surface area contributed by atoms with Crippen molar-refractivity contribution in [1.82, 2.24) is 0 Å². The third kappa shape index (κ3) is 13.3. The maximum Gasteiger partial charge on any atom is 0.224 e. The summed E-state index contributed by atoms with van der Waals surface area (Å²) in [4.78, 5) is 12.8. The number of anilines is 1. The van der Waals surface area contributed by atoms with Gasteiger partial charge < -0.3 is 5.32 Å². The fourth-order valence-electron chi connectivity index (χ4n) is 3.29. The predicted octanol–water partition coefficient (Wildman–Crippen LogP) is 7.79. The molecule has 2 nitrogen and oxygen atoms in total. The Morgan fingerprint density at radius 3 is 1.81 bits per heavy atom. The molecule has 0 heterocycles. The van der Waals surface area contributed by atoms with Crippen LogP contribution in [0.4, 0.5) is 5.69 Å². The van der Waals surface area contributed by atoms with Gasteiger partial charge in [0.05, 0.1) is 0 Å². The van der Waals surface area contributed by atoms with Gasteiger partial charge in [0.25, 0.3) is 0 Å². The lowest BCUT2D eigenvalue weighted by Gasteiger charge is -2.06. The zero-order valence-corrected chi connectivity index (χ0v) is 17.7. The molecule has 0 saturated heterocycles. The molecular weight excluding hydrogens is 338 g/mol. The third-order valence-corrected chi connectivity index (χ3v) is 5.17. The lowest BCUT2D eigenvalue weighted by Crippen LogP contribution is -2.10. The van der Waals surface area contributed by atoms with Gasteiger partial charge in [-0.05, 0) is 24.6 Å². The molecule has 26 heavy (non-hydrogen) atoms. The van der Waals surface area contributed by atoms with Crippen LogP contribution in [0.2, 0.25) is 0 Å². The summed E-state index contributed by atoms with van der Waals surface area (Å²) < 4.78 is 0. The second-order valence-electron chi connectivity index (χ2n) is 7.44. The smallest absolute Gasteiger partial charge is 0.224 e. The van der Waals surface area contributed by atoms with E-state index < -0.39 is 0 Å². The summed E-state index contributed by atoms with van der Waals surface area (Å²) in [6.07, 6.45) is 19.4. The summed E-state index contributed by atoms with van der Waals surface area (Å²) >= 11 is 4.29. The van der Waals surface area contributed by atoms with E-state index in [4.69, 9.17) is 0 Å². The largest absolute Gasteiger partial charge is 0.326 e. The number of unbranched alkanes of at least 4 members (excludes halogenated alkanes) is 13.